The average molecular weight is 302 g/mol. The van der Waals surface area contributed by atoms with Crippen molar-refractivity contribution < 1.29 is 23.3 Å². The fourth-order valence-electron chi connectivity index (χ4n) is 1.42. The zero-order valence-electron chi connectivity index (χ0n) is 10.8. The Morgan fingerprint density at radius 1 is 1.40 bits per heavy atom. The molecule has 0 heterocycles. The van der Waals surface area contributed by atoms with E-state index in [1.165, 1.54) is 6.07 Å². The number of urea groups is 1. The van der Waals surface area contributed by atoms with Crippen LogP contribution in [0.25, 0.3) is 0 Å². The van der Waals surface area contributed by atoms with Gasteiger partial charge in [-0.05, 0) is 24.6 Å². The number of nitrogens with one attached hydrogen (secondary N) is 2. The molecule has 0 aliphatic carbocycles. The molecule has 8 heteroatoms. The van der Waals surface area contributed by atoms with Gasteiger partial charge in [-0.1, -0.05) is 0 Å². The topological polar surface area (TPSA) is 95.5 Å². The van der Waals surface area contributed by atoms with Crippen molar-refractivity contribution in [2.24, 2.45) is 0 Å². The number of carbonyl (C=O) groups excluding carboxylic acids is 1. The number of carboxylic acids is 1. The maximum Gasteiger partial charge on any atom is 0.338 e. The summed E-state index contributed by atoms with van der Waals surface area (Å²) in [5.41, 5.74) is -0.329. The molecule has 6 nitrogen and oxygen atoms in total. The predicted molar refractivity (Wildman–Crippen MR) is 73.9 cm³/mol. The van der Waals surface area contributed by atoms with Crippen LogP contribution in [0.1, 0.15) is 16.8 Å². The standard InChI is InChI=1S/C12H15FN2O4S/c1-20(19)6-2-5-14-12(18)15-8-3-4-10(13)9(7-8)11(16)17/h3-4,7H,2,5-6H2,1H3,(H,16,17)(H2,14,15,18). The number of hydrogen-bond donors (Lipinski definition) is 3. The van der Waals surface area contributed by atoms with Crippen LogP contribution in [0.5, 0.6) is 0 Å². The largest absolute Gasteiger partial charge is 0.478 e. The predicted octanol–water partition coefficient (Wildman–Crippen LogP) is 1.41. The van der Waals surface area contributed by atoms with Crippen molar-refractivity contribution in [1.82, 2.24) is 5.32 Å². The van der Waals surface area contributed by atoms with E-state index >= 15 is 0 Å². The Labute approximate surface area is 117 Å². The van der Waals surface area contributed by atoms with Crippen LogP contribution < -0.4 is 10.6 Å². The summed E-state index contributed by atoms with van der Waals surface area (Å²) in [6.07, 6.45) is 2.15. The number of carboxylic acid groups (broad SMARTS) is 1. The van der Waals surface area contributed by atoms with Gasteiger partial charge in [0.1, 0.15) is 5.82 Å². The van der Waals surface area contributed by atoms with Gasteiger partial charge in [-0.15, -0.1) is 0 Å². The fraction of sp³-hybridized carbons (Fsp3) is 0.333. The van der Waals surface area contributed by atoms with E-state index in [0.29, 0.717) is 18.7 Å². The molecular formula is C12H15FN2O4S. The second-order valence-electron chi connectivity index (χ2n) is 4.01. The van der Waals surface area contributed by atoms with Crippen LogP contribution >= 0.6 is 0 Å². The van der Waals surface area contributed by atoms with Crippen molar-refractivity contribution in [2.75, 3.05) is 23.9 Å². The van der Waals surface area contributed by atoms with Crippen molar-refractivity contribution in [3.63, 3.8) is 0 Å². The minimum atomic E-state index is -1.41. The molecule has 1 rings (SSSR count). The Balaban J connectivity index is 2.52. The molecule has 1 atom stereocenters. The number of anilines is 1. The lowest BCUT2D eigenvalue weighted by Crippen LogP contribution is -2.30. The molecule has 0 aromatic heterocycles. The molecule has 0 spiro atoms. The zero-order chi connectivity index (χ0) is 15.1. The van der Waals surface area contributed by atoms with E-state index < -0.39 is 34.2 Å². The minimum absolute atomic E-state index is 0.181. The molecule has 0 saturated heterocycles. The lowest BCUT2D eigenvalue weighted by Gasteiger charge is -2.08. The lowest BCUT2D eigenvalue weighted by atomic mass is 10.2. The van der Waals surface area contributed by atoms with Gasteiger partial charge in [0.2, 0.25) is 0 Å². The SMILES string of the molecule is CS(=O)CCCNC(=O)Nc1ccc(F)c(C(=O)O)c1. The first kappa shape index (κ1) is 16.1. The van der Waals surface area contributed by atoms with Crippen LogP contribution in [-0.2, 0) is 10.8 Å². The molecule has 1 aromatic carbocycles. The molecule has 1 unspecified atom stereocenters. The van der Waals surface area contributed by atoms with Gasteiger partial charge in [-0.25, -0.2) is 14.0 Å². The van der Waals surface area contributed by atoms with E-state index in [-0.39, 0.29) is 5.69 Å². The molecule has 0 bridgehead atoms. The van der Waals surface area contributed by atoms with Crippen molar-refractivity contribution in [2.45, 2.75) is 6.42 Å². The Hall–Kier alpha value is -1.96. The molecule has 3 N–H and O–H groups in total. The normalized spacial score (nSPS) is 11.7. The van der Waals surface area contributed by atoms with Gasteiger partial charge in [-0.3, -0.25) is 4.21 Å². The van der Waals surface area contributed by atoms with Crippen molar-refractivity contribution >= 4 is 28.5 Å². The van der Waals surface area contributed by atoms with Crippen molar-refractivity contribution in [3.05, 3.63) is 29.6 Å². The third kappa shape index (κ3) is 5.35. The summed E-state index contributed by atoms with van der Waals surface area (Å²) >= 11 is 0. The molecule has 0 fully saturated rings. The minimum Gasteiger partial charge on any atom is -0.478 e. The van der Waals surface area contributed by atoms with Crippen LogP contribution in [0.15, 0.2) is 18.2 Å². The first-order valence-electron chi connectivity index (χ1n) is 5.78. The highest BCUT2D eigenvalue weighted by Gasteiger charge is 2.11. The maximum absolute atomic E-state index is 13.1. The smallest absolute Gasteiger partial charge is 0.338 e. The number of amides is 2. The van der Waals surface area contributed by atoms with E-state index in [1.54, 1.807) is 6.26 Å². The monoisotopic (exact) mass is 302 g/mol. The Morgan fingerprint density at radius 2 is 2.10 bits per heavy atom. The van der Waals surface area contributed by atoms with Crippen molar-refractivity contribution in [3.8, 4) is 0 Å². The van der Waals surface area contributed by atoms with Gasteiger partial charge >= 0.3 is 12.0 Å². The highest BCUT2D eigenvalue weighted by molar-refractivity contribution is 7.84. The number of halogens is 1. The molecule has 2 amide bonds. The van der Waals surface area contributed by atoms with Gasteiger partial charge in [0.25, 0.3) is 0 Å². The van der Waals surface area contributed by atoms with Gasteiger partial charge in [0.05, 0.1) is 5.56 Å². The number of hydrogen-bond acceptors (Lipinski definition) is 3. The molecule has 0 radical (unpaired) electrons. The number of carbonyl (C=O) groups is 2. The Morgan fingerprint density at radius 3 is 2.70 bits per heavy atom. The first-order valence-corrected chi connectivity index (χ1v) is 7.50. The van der Waals surface area contributed by atoms with Crippen LogP contribution in [0.3, 0.4) is 0 Å². The average Bonchev–Trinajstić information content (AvgIpc) is 2.36. The van der Waals surface area contributed by atoms with E-state index in [1.807, 2.05) is 0 Å². The Bertz CT molecular complexity index is 536. The van der Waals surface area contributed by atoms with Crippen molar-refractivity contribution in [1.29, 1.82) is 0 Å². The molecule has 0 aliphatic heterocycles. The summed E-state index contributed by atoms with van der Waals surface area (Å²) in [6, 6.07) is 2.75. The Kier molecular flexibility index (Phi) is 6.10. The molecule has 110 valence electrons. The molecule has 0 aliphatic rings. The number of aromatic carboxylic acids is 1. The van der Waals surface area contributed by atoms with Gasteiger partial charge in [-0.2, -0.15) is 0 Å². The van der Waals surface area contributed by atoms with Crippen LogP contribution in [-0.4, -0.2) is 39.9 Å². The summed E-state index contributed by atoms with van der Waals surface area (Å²) in [6.45, 7) is 0.346. The summed E-state index contributed by atoms with van der Waals surface area (Å²) in [7, 11) is -0.908. The quantitative estimate of drug-likeness (QED) is 0.692. The van der Waals surface area contributed by atoms with Crippen LogP contribution in [0.4, 0.5) is 14.9 Å². The van der Waals surface area contributed by atoms with Gasteiger partial charge in [0, 0.05) is 35.0 Å². The van der Waals surface area contributed by atoms with Crippen LogP contribution in [0, 0.1) is 5.82 Å². The molecule has 0 saturated carbocycles. The first-order chi connectivity index (χ1) is 9.40. The zero-order valence-corrected chi connectivity index (χ0v) is 11.6. The summed E-state index contributed by atoms with van der Waals surface area (Å²) in [5.74, 6) is -1.79. The maximum atomic E-state index is 13.1. The third-order valence-corrected chi connectivity index (χ3v) is 3.21. The van der Waals surface area contributed by atoms with E-state index in [9.17, 15) is 18.2 Å². The number of rotatable bonds is 6. The van der Waals surface area contributed by atoms with Gasteiger partial charge in [0.15, 0.2) is 0 Å². The highest BCUT2D eigenvalue weighted by Crippen LogP contribution is 2.14. The molecule has 20 heavy (non-hydrogen) atoms. The second kappa shape index (κ2) is 7.59. The molecule has 1 aromatic rings. The number of benzene rings is 1. The fourth-order valence-corrected chi connectivity index (χ4v) is 1.97. The van der Waals surface area contributed by atoms with E-state index in [0.717, 1.165) is 12.1 Å². The van der Waals surface area contributed by atoms with Crippen LogP contribution in [0.2, 0.25) is 0 Å². The second-order valence-corrected chi connectivity index (χ2v) is 5.57. The van der Waals surface area contributed by atoms with Gasteiger partial charge < -0.3 is 15.7 Å². The third-order valence-electron chi connectivity index (χ3n) is 2.35. The highest BCUT2D eigenvalue weighted by atomic mass is 32.2. The van der Waals surface area contributed by atoms with E-state index in [2.05, 4.69) is 10.6 Å². The molecular weight excluding hydrogens is 287 g/mol. The summed E-state index contributed by atoms with van der Waals surface area (Å²) < 4.78 is 23.9. The summed E-state index contributed by atoms with van der Waals surface area (Å²) in [5, 5.41) is 13.7. The lowest BCUT2D eigenvalue weighted by molar-refractivity contribution is 0.0692. The summed E-state index contributed by atoms with van der Waals surface area (Å²) in [4.78, 5) is 22.2. The van der Waals surface area contributed by atoms with E-state index in [4.69, 9.17) is 5.11 Å².